The standard InChI is InChI=1S/C15H14BrN3O/c1-9(14-3-2-6-20-14)19-13-5-4-12(17)11-7-10(16)8-18-15(11)13/h2-9,19H,17H2,1H3. The summed E-state index contributed by atoms with van der Waals surface area (Å²) in [6.07, 6.45) is 3.44. The number of benzene rings is 1. The van der Waals surface area contributed by atoms with Gasteiger partial charge in [0.05, 0.1) is 23.5 Å². The van der Waals surface area contributed by atoms with E-state index in [1.807, 2.05) is 37.3 Å². The van der Waals surface area contributed by atoms with Crippen LogP contribution in [0, 0.1) is 0 Å². The first-order valence-corrected chi connectivity index (χ1v) is 7.08. The quantitative estimate of drug-likeness (QED) is 0.700. The predicted molar refractivity (Wildman–Crippen MR) is 84.6 cm³/mol. The van der Waals surface area contributed by atoms with E-state index in [1.54, 1.807) is 12.5 Å². The Morgan fingerprint density at radius 3 is 2.95 bits per heavy atom. The van der Waals surface area contributed by atoms with Gasteiger partial charge in [-0.05, 0) is 53.2 Å². The van der Waals surface area contributed by atoms with Gasteiger partial charge >= 0.3 is 0 Å². The number of hydrogen-bond donors (Lipinski definition) is 2. The summed E-state index contributed by atoms with van der Waals surface area (Å²) in [4.78, 5) is 4.46. The number of pyridine rings is 1. The second-order valence-electron chi connectivity index (χ2n) is 4.63. The van der Waals surface area contributed by atoms with Crippen LogP contribution < -0.4 is 11.1 Å². The molecule has 3 N–H and O–H groups in total. The van der Waals surface area contributed by atoms with Crippen molar-refractivity contribution in [3.63, 3.8) is 0 Å². The minimum Gasteiger partial charge on any atom is -0.467 e. The number of anilines is 2. The maximum Gasteiger partial charge on any atom is 0.125 e. The fraction of sp³-hybridized carbons (Fsp3) is 0.133. The average molecular weight is 332 g/mol. The predicted octanol–water partition coefficient (Wildman–Crippen LogP) is 4.35. The SMILES string of the molecule is CC(Nc1ccc(N)c2cc(Br)cnc12)c1ccco1. The van der Waals surface area contributed by atoms with Crippen LogP contribution in [0.15, 0.2) is 51.7 Å². The summed E-state index contributed by atoms with van der Waals surface area (Å²) in [5, 5.41) is 4.33. The Hall–Kier alpha value is -2.01. The number of fused-ring (bicyclic) bond motifs is 1. The maximum absolute atomic E-state index is 6.01. The number of aromatic nitrogens is 1. The molecule has 3 aromatic rings. The summed E-state index contributed by atoms with van der Waals surface area (Å²) in [5.41, 5.74) is 8.51. The van der Waals surface area contributed by atoms with Crippen LogP contribution in [0.5, 0.6) is 0 Å². The topological polar surface area (TPSA) is 64.1 Å². The van der Waals surface area contributed by atoms with Gasteiger partial charge in [0.15, 0.2) is 0 Å². The highest BCUT2D eigenvalue weighted by Gasteiger charge is 2.12. The molecule has 0 saturated carbocycles. The number of halogens is 1. The molecule has 5 heteroatoms. The molecule has 2 heterocycles. The van der Waals surface area contributed by atoms with Gasteiger partial charge in [-0.15, -0.1) is 0 Å². The normalized spacial score (nSPS) is 12.5. The summed E-state index contributed by atoms with van der Waals surface area (Å²) >= 11 is 3.42. The van der Waals surface area contributed by atoms with Crippen molar-refractivity contribution in [2.24, 2.45) is 0 Å². The molecule has 102 valence electrons. The molecule has 4 nitrogen and oxygen atoms in total. The maximum atomic E-state index is 6.01. The summed E-state index contributed by atoms with van der Waals surface area (Å²) in [6, 6.07) is 9.68. The Bertz CT molecular complexity index is 740. The van der Waals surface area contributed by atoms with Gasteiger partial charge in [0, 0.05) is 21.7 Å². The average Bonchev–Trinajstić information content (AvgIpc) is 2.96. The molecule has 0 spiro atoms. The molecule has 3 rings (SSSR count). The lowest BCUT2D eigenvalue weighted by atomic mass is 10.1. The van der Waals surface area contributed by atoms with E-state index >= 15 is 0 Å². The molecule has 0 saturated heterocycles. The Labute approximate surface area is 125 Å². The first kappa shape index (κ1) is 13.0. The molecule has 1 unspecified atom stereocenters. The van der Waals surface area contributed by atoms with Crippen molar-refractivity contribution >= 4 is 38.2 Å². The molecule has 0 amide bonds. The molecule has 0 bridgehead atoms. The van der Waals surface area contributed by atoms with Crippen LogP contribution in [0.25, 0.3) is 10.9 Å². The van der Waals surface area contributed by atoms with Crippen molar-refractivity contribution in [3.05, 3.63) is 53.0 Å². The van der Waals surface area contributed by atoms with Crippen molar-refractivity contribution < 1.29 is 4.42 Å². The minimum absolute atomic E-state index is 0.0577. The number of furan rings is 1. The first-order chi connectivity index (χ1) is 9.65. The van der Waals surface area contributed by atoms with Gasteiger partial charge in [0.1, 0.15) is 5.76 Å². The highest BCUT2D eigenvalue weighted by molar-refractivity contribution is 9.10. The fourth-order valence-electron chi connectivity index (χ4n) is 2.17. The van der Waals surface area contributed by atoms with E-state index in [0.29, 0.717) is 5.69 Å². The number of hydrogen-bond acceptors (Lipinski definition) is 4. The third-order valence-electron chi connectivity index (χ3n) is 3.19. The molecule has 20 heavy (non-hydrogen) atoms. The molecule has 0 aliphatic rings. The highest BCUT2D eigenvalue weighted by atomic mass is 79.9. The summed E-state index contributed by atoms with van der Waals surface area (Å²) in [7, 11) is 0. The lowest BCUT2D eigenvalue weighted by Gasteiger charge is -2.15. The number of nitrogens with zero attached hydrogens (tertiary/aromatic N) is 1. The van der Waals surface area contributed by atoms with Gasteiger partial charge in [0.2, 0.25) is 0 Å². The van der Waals surface area contributed by atoms with Crippen LogP contribution in [0.2, 0.25) is 0 Å². The molecule has 0 aliphatic heterocycles. The van der Waals surface area contributed by atoms with E-state index in [4.69, 9.17) is 10.2 Å². The second-order valence-corrected chi connectivity index (χ2v) is 5.55. The van der Waals surface area contributed by atoms with Crippen LogP contribution in [-0.4, -0.2) is 4.98 Å². The Morgan fingerprint density at radius 1 is 1.35 bits per heavy atom. The zero-order valence-corrected chi connectivity index (χ0v) is 12.5. The summed E-state index contributed by atoms with van der Waals surface area (Å²) in [6.45, 7) is 2.04. The lowest BCUT2D eigenvalue weighted by Crippen LogP contribution is -2.06. The fourth-order valence-corrected chi connectivity index (χ4v) is 2.51. The Kier molecular flexibility index (Phi) is 3.36. The first-order valence-electron chi connectivity index (χ1n) is 6.29. The van der Waals surface area contributed by atoms with Crippen LogP contribution in [-0.2, 0) is 0 Å². The smallest absolute Gasteiger partial charge is 0.125 e. The van der Waals surface area contributed by atoms with E-state index in [9.17, 15) is 0 Å². The summed E-state index contributed by atoms with van der Waals surface area (Å²) < 4.78 is 6.32. The highest BCUT2D eigenvalue weighted by Crippen LogP contribution is 2.31. The van der Waals surface area contributed by atoms with Gasteiger partial charge in [-0.2, -0.15) is 0 Å². The van der Waals surface area contributed by atoms with E-state index in [1.165, 1.54) is 0 Å². The van der Waals surface area contributed by atoms with Crippen molar-refractivity contribution in [3.8, 4) is 0 Å². The molecule has 1 aromatic carbocycles. The van der Waals surface area contributed by atoms with Crippen LogP contribution >= 0.6 is 15.9 Å². The third kappa shape index (κ3) is 2.36. The van der Waals surface area contributed by atoms with E-state index < -0.39 is 0 Å². The summed E-state index contributed by atoms with van der Waals surface area (Å²) in [5.74, 6) is 0.882. The molecule has 0 aliphatic carbocycles. The number of nitrogen functional groups attached to an aromatic ring is 1. The largest absolute Gasteiger partial charge is 0.467 e. The molecular formula is C15H14BrN3O. The number of nitrogens with two attached hydrogens (primary N) is 1. The minimum atomic E-state index is 0.0577. The lowest BCUT2D eigenvalue weighted by molar-refractivity contribution is 0.491. The zero-order valence-electron chi connectivity index (χ0n) is 10.9. The van der Waals surface area contributed by atoms with Crippen molar-refractivity contribution in [2.45, 2.75) is 13.0 Å². The monoisotopic (exact) mass is 331 g/mol. The molecular weight excluding hydrogens is 318 g/mol. The van der Waals surface area contributed by atoms with Crippen LogP contribution in [0.3, 0.4) is 0 Å². The molecule has 0 fully saturated rings. The molecule has 1 atom stereocenters. The number of rotatable bonds is 3. The van der Waals surface area contributed by atoms with Gasteiger partial charge in [-0.1, -0.05) is 0 Å². The van der Waals surface area contributed by atoms with Crippen LogP contribution in [0.1, 0.15) is 18.7 Å². The van der Waals surface area contributed by atoms with Gasteiger partial charge in [-0.25, -0.2) is 0 Å². The zero-order chi connectivity index (χ0) is 14.1. The van der Waals surface area contributed by atoms with Crippen molar-refractivity contribution in [2.75, 3.05) is 11.1 Å². The van der Waals surface area contributed by atoms with Crippen molar-refractivity contribution in [1.29, 1.82) is 0 Å². The molecule has 0 radical (unpaired) electrons. The number of nitrogens with one attached hydrogen (secondary N) is 1. The van der Waals surface area contributed by atoms with E-state index in [2.05, 4.69) is 26.2 Å². The van der Waals surface area contributed by atoms with Crippen molar-refractivity contribution in [1.82, 2.24) is 4.98 Å². The van der Waals surface area contributed by atoms with Gasteiger partial charge in [0.25, 0.3) is 0 Å². The van der Waals surface area contributed by atoms with E-state index in [0.717, 1.165) is 26.8 Å². The van der Waals surface area contributed by atoms with Gasteiger partial charge in [-0.3, -0.25) is 4.98 Å². The van der Waals surface area contributed by atoms with Gasteiger partial charge < -0.3 is 15.5 Å². The Morgan fingerprint density at radius 2 is 2.20 bits per heavy atom. The third-order valence-corrected chi connectivity index (χ3v) is 3.63. The molecule has 2 aromatic heterocycles. The second kappa shape index (κ2) is 5.17. The van der Waals surface area contributed by atoms with Crippen LogP contribution in [0.4, 0.5) is 11.4 Å². The Balaban J connectivity index is 2.02. The van der Waals surface area contributed by atoms with E-state index in [-0.39, 0.29) is 6.04 Å².